The number of likely N-dealkylation sites (N-methyl/N-ethyl adjacent to an activating group) is 1. The first-order chi connectivity index (χ1) is 8.69. The van der Waals surface area contributed by atoms with Gasteiger partial charge in [-0.25, -0.2) is 0 Å². The van der Waals surface area contributed by atoms with Crippen molar-refractivity contribution in [3.05, 3.63) is 29.8 Å². The van der Waals surface area contributed by atoms with E-state index in [1.165, 1.54) is 11.3 Å². The van der Waals surface area contributed by atoms with E-state index < -0.39 is 0 Å². The minimum absolute atomic E-state index is 0.0690. The highest BCUT2D eigenvalue weighted by Crippen LogP contribution is 2.17. The van der Waals surface area contributed by atoms with Crippen LogP contribution >= 0.6 is 0 Å². The Morgan fingerprint density at radius 2 is 1.72 bits per heavy atom. The van der Waals surface area contributed by atoms with E-state index in [0.29, 0.717) is 6.54 Å². The van der Waals surface area contributed by atoms with Crippen LogP contribution in [0, 0.1) is 0 Å². The van der Waals surface area contributed by atoms with Crippen LogP contribution < -0.4 is 16.4 Å². The van der Waals surface area contributed by atoms with Gasteiger partial charge in [-0.3, -0.25) is 0 Å². The van der Waals surface area contributed by atoms with Gasteiger partial charge < -0.3 is 21.3 Å². The summed E-state index contributed by atoms with van der Waals surface area (Å²) < 4.78 is 0. The van der Waals surface area contributed by atoms with E-state index in [2.05, 4.69) is 41.1 Å². The van der Waals surface area contributed by atoms with Crippen LogP contribution in [0.1, 0.15) is 5.56 Å². The van der Waals surface area contributed by atoms with Crippen LogP contribution in [-0.2, 0) is 6.42 Å². The van der Waals surface area contributed by atoms with Crippen molar-refractivity contribution in [2.24, 2.45) is 11.5 Å². The predicted octanol–water partition coefficient (Wildman–Crippen LogP) is 0.267. The fourth-order valence-electron chi connectivity index (χ4n) is 2.29. The number of nitrogens with two attached hydrogens (primary N) is 2. The van der Waals surface area contributed by atoms with Crippen molar-refractivity contribution in [1.29, 1.82) is 0 Å². The zero-order valence-corrected chi connectivity index (χ0v) is 11.2. The van der Waals surface area contributed by atoms with Gasteiger partial charge in [0.1, 0.15) is 0 Å². The zero-order chi connectivity index (χ0) is 13.0. The minimum Gasteiger partial charge on any atom is -0.369 e. The van der Waals surface area contributed by atoms with Crippen molar-refractivity contribution in [3.63, 3.8) is 0 Å². The topological polar surface area (TPSA) is 58.5 Å². The lowest BCUT2D eigenvalue weighted by Gasteiger charge is -2.34. The fraction of sp³-hybridized carbons (Fsp3) is 0.571. The van der Waals surface area contributed by atoms with Crippen LogP contribution in [0.5, 0.6) is 0 Å². The number of rotatable bonds is 4. The predicted molar refractivity (Wildman–Crippen MR) is 76.9 cm³/mol. The molecule has 1 heterocycles. The zero-order valence-electron chi connectivity index (χ0n) is 11.2. The Kier molecular flexibility index (Phi) is 4.58. The van der Waals surface area contributed by atoms with E-state index in [4.69, 9.17) is 11.5 Å². The van der Waals surface area contributed by atoms with Crippen molar-refractivity contribution in [3.8, 4) is 0 Å². The molecule has 0 saturated carbocycles. The maximum Gasteiger partial charge on any atom is 0.0367 e. The van der Waals surface area contributed by atoms with Crippen molar-refractivity contribution in [1.82, 2.24) is 4.90 Å². The molecule has 1 unspecified atom stereocenters. The van der Waals surface area contributed by atoms with E-state index in [1.807, 2.05) is 0 Å². The molecule has 4 N–H and O–H groups in total. The first-order valence-corrected chi connectivity index (χ1v) is 6.67. The van der Waals surface area contributed by atoms with Crippen LogP contribution in [0.4, 0.5) is 5.69 Å². The molecule has 0 spiro atoms. The van der Waals surface area contributed by atoms with Gasteiger partial charge in [0.05, 0.1) is 0 Å². The van der Waals surface area contributed by atoms with Crippen molar-refractivity contribution in [2.75, 3.05) is 44.7 Å². The summed E-state index contributed by atoms with van der Waals surface area (Å²) in [4.78, 5) is 4.80. The summed E-state index contributed by atoms with van der Waals surface area (Å²) in [5.41, 5.74) is 14.0. The molecule has 1 aliphatic heterocycles. The Morgan fingerprint density at radius 3 is 2.28 bits per heavy atom. The number of hydrogen-bond donors (Lipinski definition) is 2. The lowest BCUT2D eigenvalue weighted by molar-refractivity contribution is 0.313. The Hall–Kier alpha value is -1.10. The maximum atomic E-state index is 5.86. The van der Waals surface area contributed by atoms with Crippen LogP contribution in [0.2, 0.25) is 0 Å². The molecule has 1 fully saturated rings. The third-order valence-corrected chi connectivity index (χ3v) is 3.61. The van der Waals surface area contributed by atoms with Crippen LogP contribution in [0.3, 0.4) is 0 Å². The molecule has 1 atom stereocenters. The third-order valence-electron chi connectivity index (χ3n) is 3.61. The molecule has 2 rings (SSSR count). The molecule has 1 saturated heterocycles. The fourth-order valence-corrected chi connectivity index (χ4v) is 2.29. The van der Waals surface area contributed by atoms with E-state index in [-0.39, 0.29) is 6.04 Å². The summed E-state index contributed by atoms with van der Waals surface area (Å²) in [6, 6.07) is 8.81. The van der Waals surface area contributed by atoms with Gasteiger partial charge in [-0.2, -0.15) is 0 Å². The second-order valence-electron chi connectivity index (χ2n) is 5.16. The van der Waals surface area contributed by atoms with Crippen molar-refractivity contribution < 1.29 is 0 Å². The number of benzene rings is 1. The average molecular weight is 248 g/mol. The Bertz CT molecular complexity index is 355. The summed E-state index contributed by atoms with van der Waals surface area (Å²) in [5, 5.41) is 0. The molecule has 0 amide bonds. The molecule has 100 valence electrons. The van der Waals surface area contributed by atoms with Gasteiger partial charge in [-0.05, 0) is 31.2 Å². The van der Waals surface area contributed by atoms with E-state index >= 15 is 0 Å². The quantitative estimate of drug-likeness (QED) is 0.803. The Balaban J connectivity index is 1.95. The smallest absolute Gasteiger partial charge is 0.0367 e. The summed E-state index contributed by atoms with van der Waals surface area (Å²) in [6.45, 7) is 5.04. The highest BCUT2D eigenvalue weighted by molar-refractivity contribution is 5.48. The first-order valence-electron chi connectivity index (χ1n) is 6.67. The molecule has 0 aromatic heterocycles. The molecule has 0 aliphatic carbocycles. The van der Waals surface area contributed by atoms with Gasteiger partial charge in [-0.15, -0.1) is 0 Å². The van der Waals surface area contributed by atoms with E-state index in [9.17, 15) is 0 Å². The monoisotopic (exact) mass is 248 g/mol. The molecule has 0 radical (unpaired) electrons. The van der Waals surface area contributed by atoms with E-state index in [0.717, 1.165) is 32.6 Å². The molecule has 1 aromatic carbocycles. The summed E-state index contributed by atoms with van der Waals surface area (Å²) in [5.74, 6) is 0. The Morgan fingerprint density at radius 1 is 1.11 bits per heavy atom. The average Bonchev–Trinajstić information content (AvgIpc) is 2.40. The van der Waals surface area contributed by atoms with Crippen LogP contribution in [-0.4, -0.2) is 50.7 Å². The summed E-state index contributed by atoms with van der Waals surface area (Å²) in [6.07, 6.45) is 0.861. The van der Waals surface area contributed by atoms with E-state index in [1.54, 1.807) is 0 Å². The van der Waals surface area contributed by atoms with Gasteiger partial charge in [0.25, 0.3) is 0 Å². The Labute approximate surface area is 110 Å². The van der Waals surface area contributed by atoms with Gasteiger partial charge in [0.15, 0.2) is 0 Å². The molecule has 1 aliphatic rings. The molecule has 4 nitrogen and oxygen atoms in total. The number of piperazine rings is 1. The molecule has 4 heteroatoms. The van der Waals surface area contributed by atoms with Gasteiger partial charge >= 0.3 is 0 Å². The molecule has 0 bridgehead atoms. The molecule has 1 aromatic rings. The summed E-state index contributed by atoms with van der Waals surface area (Å²) >= 11 is 0. The number of anilines is 1. The van der Waals surface area contributed by atoms with Crippen molar-refractivity contribution >= 4 is 5.69 Å². The lowest BCUT2D eigenvalue weighted by atomic mass is 10.1. The van der Waals surface area contributed by atoms with Gasteiger partial charge in [0, 0.05) is 44.5 Å². The minimum atomic E-state index is 0.0690. The third kappa shape index (κ3) is 3.45. The molecule has 18 heavy (non-hydrogen) atoms. The summed E-state index contributed by atoms with van der Waals surface area (Å²) in [7, 11) is 2.18. The van der Waals surface area contributed by atoms with Crippen molar-refractivity contribution in [2.45, 2.75) is 12.5 Å². The highest BCUT2D eigenvalue weighted by Gasteiger charge is 2.14. The lowest BCUT2D eigenvalue weighted by Crippen LogP contribution is -2.44. The van der Waals surface area contributed by atoms with Crippen LogP contribution in [0.15, 0.2) is 24.3 Å². The molecular formula is C14H24N4. The number of hydrogen-bond acceptors (Lipinski definition) is 4. The van der Waals surface area contributed by atoms with Gasteiger partial charge in [0.2, 0.25) is 0 Å². The number of nitrogens with zero attached hydrogens (tertiary/aromatic N) is 2. The normalized spacial score (nSPS) is 18.9. The molecular weight excluding hydrogens is 224 g/mol. The largest absolute Gasteiger partial charge is 0.369 e. The van der Waals surface area contributed by atoms with Crippen LogP contribution in [0.25, 0.3) is 0 Å². The maximum absolute atomic E-state index is 5.86. The second kappa shape index (κ2) is 6.18. The SMILES string of the molecule is CN1CCN(c2ccc(CC(N)CN)cc2)CC1. The standard InChI is InChI=1S/C14H24N4/c1-17-6-8-18(9-7-17)14-4-2-12(3-5-14)10-13(16)11-15/h2-5,13H,6-11,15-16H2,1H3. The highest BCUT2D eigenvalue weighted by atomic mass is 15.2. The van der Waals surface area contributed by atoms with Gasteiger partial charge in [-0.1, -0.05) is 12.1 Å². The second-order valence-corrected chi connectivity index (χ2v) is 5.16. The first kappa shape index (κ1) is 13.3.